The van der Waals surface area contributed by atoms with Gasteiger partial charge in [0.1, 0.15) is 10.3 Å². The van der Waals surface area contributed by atoms with Crippen LogP contribution in [0.3, 0.4) is 0 Å². The van der Waals surface area contributed by atoms with Gasteiger partial charge in [-0.2, -0.15) is 4.72 Å². The highest BCUT2D eigenvalue weighted by Crippen LogP contribution is 2.30. The molecule has 4 aromatic rings. The molecule has 4 aromatic heterocycles. The second-order valence-electron chi connectivity index (χ2n) is 7.31. The normalized spacial score (nSPS) is 17.0. The van der Waals surface area contributed by atoms with Gasteiger partial charge in [0.05, 0.1) is 17.1 Å². The first-order valence-electron chi connectivity index (χ1n) is 9.73. The number of hydrogen-bond donors (Lipinski definition) is 2. The smallest absolute Gasteiger partial charge is 0.250 e. The molecule has 1 atom stereocenters. The summed E-state index contributed by atoms with van der Waals surface area (Å²) >= 11 is 1.13. The fraction of sp³-hybridized carbons (Fsp3) is 0.190. The van der Waals surface area contributed by atoms with E-state index in [1.807, 2.05) is 24.3 Å². The Labute approximate surface area is 183 Å². The second kappa shape index (κ2) is 7.88. The van der Waals surface area contributed by atoms with Gasteiger partial charge in [-0.05, 0) is 42.8 Å². The molecule has 1 fully saturated rings. The van der Waals surface area contributed by atoms with E-state index in [2.05, 4.69) is 19.7 Å². The fourth-order valence-electron chi connectivity index (χ4n) is 3.68. The summed E-state index contributed by atoms with van der Waals surface area (Å²) in [5.41, 5.74) is 2.55. The molecule has 1 amide bonds. The maximum Gasteiger partial charge on any atom is 0.250 e. The number of fused-ring (bicyclic) bond motifs is 1. The maximum atomic E-state index is 12.9. The van der Waals surface area contributed by atoms with Crippen molar-refractivity contribution in [3.05, 3.63) is 66.7 Å². The predicted octanol–water partition coefficient (Wildman–Crippen LogP) is 2.77. The highest BCUT2D eigenvalue weighted by atomic mass is 32.2. The third-order valence-electron chi connectivity index (χ3n) is 5.20. The van der Waals surface area contributed by atoms with Gasteiger partial charge in [-0.25, -0.2) is 8.42 Å². The molecule has 31 heavy (non-hydrogen) atoms. The van der Waals surface area contributed by atoms with Crippen LogP contribution in [0.25, 0.3) is 21.5 Å². The quantitative estimate of drug-likeness (QED) is 0.467. The van der Waals surface area contributed by atoms with E-state index in [0.29, 0.717) is 25.2 Å². The second-order valence-corrected chi connectivity index (χ2v) is 10.3. The number of nitrogens with zero attached hydrogens (tertiary/aromatic N) is 3. The Morgan fingerprint density at radius 1 is 1.19 bits per heavy atom. The van der Waals surface area contributed by atoms with Crippen LogP contribution in [-0.2, 0) is 21.4 Å². The number of aromatic amines is 1. The molecule has 1 aliphatic rings. The van der Waals surface area contributed by atoms with Gasteiger partial charge in [0.15, 0.2) is 0 Å². The Morgan fingerprint density at radius 3 is 2.90 bits per heavy atom. The average Bonchev–Trinajstić information content (AvgIpc) is 3.49. The molecule has 0 saturated carbocycles. The van der Waals surface area contributed by atoms with Crippen molar-refractivity contribution in [3.63, 3.8) is 0 Å². The summed E-state index contributed by atoms with van der Waals surface area (Å²) in [4.78, 5) is 26.9. The molecule has 8 nitrogen and oxygen atoms in total. The number of hydrogen-bond acceptors (Lipinski definition) is 6. The summed E-state index contributed by atoms with van der Waals surface area (Å²) in [5.74, 6) is -0.220. The van der Waals surface area contributed by atoms with E-state index in [9.17, 15) is 13.2 Å². The topological polar surface area (TPSA) is 108 Å². The molecule has 0 radical (unpaired) electrons. The lowest BCUT2D eigenvalue weighted by atomic mass is 10.3. The van der Waals surface area contributed by atoms with Crippen LogP contribution >= 0.6 is 11.3 Å². The van der Waals surface area contributed by atoms with Gasteiger partial charge in [0.2, 0.25) is 5.91 Å². The van der Waals surface area contributed by atoms with Crippen molar-refractivity contribution in [2.24, 2.45) is 0 Å². The molecule has 158 valence electrons. The fourth-order valence-corrected chi connectivity index (χ4v) is 6.21. The minimum absolute atomic E-state index is 0.169. The van der Waals surface area contributed by atoms with E-state index >= 15 is 0 Å². The van der Waals surface area contributed by atoms with Crippen LogP contribution in [0, 0.1) is 0 Å². The molecular formula is C21H19N5O3S2. The number of pyridine rings is 2. The number of H-pyrrole nitrogens is 1. The van der Waals surface area contributed by atoms with Gasteiger partial charge < -0.3 is 9.88 Å². The predicted molar refractivity (Wildman–Crippen MR) is 118 cm³/mol. The Kier molecular flexibility index (Phi) is 5.05. The van der Waals surface area contributed by atoms with Crippen molar-refractivity contribution in [3.8, 4) is 10.6 Å². The number of carbonyl (C=O) groups is 1. The lowest BCUT2D eigenvalue weighted by molar-refractivity contribution is -0.129. The average molecular weight is 454 g/mol. The van der Waals surface area contributed by atoms with E-state index in [1.54, 1.807) is 41.7 Å². The van der Waals surface area contributed by atoms with Crippen molar-refractivity contribution in [2.45, 2.75) is 23.2 Å². The zero-order valence-corrected chi connectivity index (χ0v) is 18.0. The number of thiophene rings is 1. The Balaban J connectivity index is 1.28. The third kappa shape index (κ3) is 3.97. The van der Waals surface area contributed by atoms with Gasteiger partial charge in [0.25, 0.3) is 10.0 Å². The molecule has 1 saturated heterocycles. The van der Waals surface area contributed by atoms with Crippen LogP contribution in [0.15, 0.2) is 65.3 Å². The van der Waals surface area contributed by atoms with E-state index in [4.69, 9.17) is 0 Å². The number of amides is 1. The third-order valence-corrected chi connectivity index (χ3v) is 8.27. The van der Waals surface area contributed by atoms with E-state index in [0.717, 1.165) is 32.8 Å². The van der Waals surface area contributed by atoms with E-state index in [-0.39, 0.29) is 10.1 Å². The molecule has 2 N–H and O–H groups in total. The Bertz CT molecular complexity index is 1310. The number of nitrogens with one attached hydrogen (secondary N) is 2. The lowest BCUT2D eigenvalue weighted by Gasteiger charge is -2.16. The van der Waals surface area contributed by atoms with Crippen LogP contribution in [0.4, 0.5) is 0 Å². The monoisotopic (exact) mass is 453 g/mol. The van der Waals surface area contributed by atoms with Gasteiger partial charge >= 0.3 is 0 Å². The molecule has 5 rings (SSSR count). The first-order chi connectivity index (χ1) is 15.0. The van der Waals surface area contributed by atoms with Gasteiger partial charge in [0, 0.05) is 41.7 Å². The first-order valence-corrected chi connectivity index (χ1v) is 12.0. The van der Waals surface area contributed by atoms with Crippen LogP contribution < -0.4 is 4.72 Å². The summed E-state index contributed by atoms with van der Waals surface area (Å²) in [6.07, 6.45) is 5.56. The summed E-state index contributed by atoms with van der Waals surface area (Å²) in [7, 11) is -3.80. The number of sulfonamides is 1. The Hall–Kier alpha value is -3.08. The van der Waals surface area contributed by atoms with Crippen molar-refractivity contribution in [2.75, 3.05) is 6.54 Å². The van der Waals surface area contributed by atoms with Crippen LogP contribution in [-0.4, -0.2) is 46.8 Å². The first kappa shape index (κ1) is 19.9. The summed E-state index contributed by atoms with van der Waals surface area (Å²) in [6.45, 7) is 0.887. The zero-order valence-electron chi connectivity index (χ0n) is 16.4. The van der Waals surface area contributed by atoms with Crippen molar-refractivity contribution < 1.29 is 13.2 Å². The molecule has 5 heterocycles. The molecule has 0 unspecified atom stereocenters. The minimum atomic E-state index is -3.80. The molecule has 10 heteroatoms. The molecule has 0 bridgehead atoms. The van der Waals surface area contributed by atoms with Crippen LogP contribution in [0.5, 0.6) is 0 Å². The van der Waals surface area contributed by atoms with Crippen LogP contribution in [0.1, 0.15) is 12.1 Å². The minimum Gasteiger partial charge on any atom is -0.357 e. The summed E-state index contributed by atoms with van der Waals surface area (Å²) < 4.78 is 28.5. The van der Waals surface area contributed by atoms with Crippen LogP contribution in [0.2, 0.25) is 0 Å². The standard InChI is InChI=1S/C21H19N5O3S2/c27-21-18(7-10-26(21)13-15-11-14-12-22-9-6-16(14)24-15)25-31(28,29)20-5-4-19(30-20)17-3-1-2-8-23-17/h1-6,8-9,11-12,18,24-25H,7,10,13H2/t18-/m0/s1. The number of carbonyl (C=O) groups excluding carboxylic acids is 1. The molecular weight excluding hydrogens is 434 g/mol. The van der Waals surface area contributed by atoms with E-state index < -0.39 is 16.1 Å². The molecule has 0 aliphatic carbocycles. The maximum absolute atomic E-state index is 12.9. The highest BCUT2D eigenvalue weighted by Gasteiger charge is 2.35. The van der Waals surface area contributed by atoms with Crippen molar-refractivity contribution >= 4 is 38.2 Å². The number of likely N-dealkylation sites (tertiary alicyclic amines) is 1. The largest absolute Gasteiger partial charge is 0.357 e. The van der Waals surface area contributed by atoms with Crippen molar-refractivity contribution in [1.82, 2.24) is 24.6 Å². The van der Waals surface area contributed by atoms with Crippen molar-refractivity contribution in [1.29, 1.82) is 0 Å². The molecule has 0 spiro atoms. The van der Waals surface area contributed by atoms with Gasteiger partial charge in [-0.15, -0.1) is 11.3 Å². The Morgan fingerprint density at radius 2 is 2.10 bits per heavy atom. The summed E-state index contributed by atoms with van der Waals surface area (Å²) in [6, 6.07) is 11.8. The van der Waals surface area contributed by atoms with Gasteiger partial charge in [-0.1, -0.05) is 6.07 Å². The number of rotatable bonds is 6. The zero-order chi connectivity index (χ0) is 21.4. The van der Waals surface area contributed by atoms with Gasteiger partial charge in [-0.3, -0.25) is 14.8 Å². The molecule has 0 aromatic carbocycles. The number of aromatic nitrogens is 3. The summed E-state index contributed by atoms with van der Waals surface area (Å²) in [5, 5.41) is 0.975. The molecule has 1 aliphatic heterocycles. The van der Waals surface area contributed by atoms with E-state index in [1.165, 1.54) is 0 Å². The SMILES string of the molecule is O=C1[C@@H](NS(=O)(=O)c2ccc(-c3ccccn3)s2)CCN1Cc1cc2cnccc2[nH]1. The highest BCUT2D eigenvalue weighted by molar-refractivity contribution is 7.91. The lowest BCUT2D eigenvalue weighted by Crippen LogP contribution is -2.41.